The SMILES string of the molecule is CCC(C)Cc1nc2cc(C)c(C)cc2[nH]1. The summed E-state index contributed by atoms with van der Waals surface area (Å²) < 4.78 is 0. The number of fused-ring (bicyclic) bond motifs is 1. The van der Waals surface area contributed by atoms with Gasteiger partial charge in [0.25, 0.3) is 0 Å². The lowest BCUT2D eigenvalue weighted by atomic mass is 10.1. The Balaban J connectivity index is 2.36. The third kappa shape index (κ3) is 2.11. The van der Waals surface area contributed by atoms with Gasteiger partial charge < -0.3 is 4.98 Å². The number of imidazole rings is 1. The molecule has 0 amide bonds. The van der Waals surface area contributed by atoms with E-state index >= 15 is 0 Å². The van der Waals surface area contributed by atoms with E-state index < -0.39 is 0 Å². The van der Waals surface area contributed by atoms with Crippen LogP contribution in [0.5, 0.6) is 0 Å². The van der Waals surface area contributed by atoms with E-state index in [2.05, 4.69) is 49.8 Å². The third-order valence-corrected chi connectivity index (χ3v) is 3.39. The molecule has 1 heterocycles. The Morgan fingerprint density at radius 3 is 2.62 bits per heavy atom. The predicted molar refractivity (Wildman–Crippen MR) is 68.7 cm³/mol. The van der Waals surface area contributed by atoms with Crippen LogP contribution >= 0.6 is 0 Å². The second-order valence-electron chi connectivity index (χ2n) is 4.85. The van der Waals surface area contributed by atoms with Crippen molar-refractivity contribution in [3.05, 3.63) is 29.1 Å². The molecule has 2 rings (SSSR count). The second-order valence-corrected chi connectivity index (χ2v) is 4.85. The Morgan fingerprint density at radius 1 is 1.25 bits per heavy atom. The molecule has 0 aliphatic heterocycles. The minimum atomic E-state index is 0.697. The zero-order valence-corrected chi connectivity index (χ0v) is 10.6. The summed E-state index contributed by atoms with van der Waals surface area (Å²) in [5.74, 6) is 1.82. The smallest absolute Gasteiger partial charge is 0.107 e. The van der Waals surface area contributed by atoms with E-state index in [9.17, 15) is 0 Å². The molecule has 2 nitrogen and oxygen atoms in total. The van der Waals surface area contributed by atoms with Crippen molar-refractivity contribution in [1.82, 2.24) is 9.97 Å². The molecule has 0 bridgehead atoms. The normalized spacial score (nSPS) is 13.2. The number of hydrogen-bond acceptors (Lipinski definition) is 1. The molecular weight excluding hydrogens is 196 g/mol. The fraction of sp³-hybridized carbons (Fsp3) is 0.500. The highest BCUT2D eigenvalue weighted by molar-refractivity contribution is 5.77. The first kappa shape index (κ1) is 11.2. The van der Waals surface area contributed by atoms with Crippen LogP contribution in [0.1, 0.15) is 37.2 Å². The molecule has 0 spiro atoms. The Kier molecular flexibility index (Phi) is 2.99. The lowest BCUT2D eigenvalue weighted by Crippen LogP contribution is -1.99. The topological polar surface area (TPSA) is 28.7 Å². The summed E-state index contributed by atoms with van der Waals surface area (Å²) in [7, 11) is 0. The number of nitrogens with zero attached hydrogens (tertiary/aromatic N) is 1. The van der Waals surface area contributed by atoms with Gasteiger partial charge in [0.15, 0.2) is 0 Å². The maximum absolute atomic E-state index is 4.65. The van der Waals surface area contributed by atoms with E-state index in [-0.39, 0.29) is 0 Å². The van der Waals surface area contributed by atoms with Crippen LogP contribution in [0.15, 0.2) is 12.1 Å². The number of benzene rings is 1. The summed E-state index contributed by atoms with van der Waals surface area (Å²) in [6, 6.07) is 4.36. The minimum absolute atomic E-state index is 0.697. The highest BCUT2D eigenvalue weighted by Crippen LogP contribution is 2.19. The molecule has 0 aliphatic carbocycles. The Bertz CT molecular complexity index is 458. The highest BCUT2D eigenvalue weighted by atomic mass is 14.9. The molecule has 2 aromatic rings. The largest absolute Gasteiger partial charge is 0.342 e. The summed E-state index contributed by atoms with van der Waals surface area (Å²) >= 11 is 0. The lowest BCUT2D eigenvalue weighted by molar-refractivity contribution is 0.547. The first-order chi connectivity index (χ1) is 7.60. The molecule has 86 valence electrons. The molecule has 1 aromatic carbocycles. The van der Waals surface area contributed by atoms with Crippen LogP contribution in [0.3, 0.4) is 0 Å². The number of nitrogens with one attached hydrogen (secondary N) is 1. The zero-order valence-electron chi connectivity index (χ0n) is 10.6. The molecule has 0 aliphatic rings. The van der Waals surface area contributed by atoms with Gasteiger partial charge in [-0.15, -0.1) is 0 Å². The average Bonchev–Trinajstić information content (AvgIpc) is 2.60. The van der Waals surface area contributed by atoms with E-state index in [1.807, 2.05) is 0 Å². The van der Waals surface area contributed by atoms with Crippen LogP contribution in [-0.4, -0.2) is 9.97 Å². The number of rotatable bonds is 3. The molecule has 0 radical (unpaired) electrons. The van der Waals surface area contributed by atoms with Crippen LogP contribution < -0.4 is 0 Å². The molecule has 1 aromatic heterocycles. The first-order valence-electron chi connectivity index (χ1n) is 6.06. The van der Waals surface area contributed by atoms with Crippen LogP contribution in [-0.2, 0) is 6.42 Å². The van der Waals surface area contributed by atoms with Crippen molar-refractivity contribution in [2.75, 3.05) is 0 Å². The maximum atomic E-state index is 4.65. The zero-order chi connectivity index (χ0) is 11.7. The summed E-state index contributed by atoms with van der Waals surface area (Å²) in [4.78, 5) is 8.06. The van der Waals surface area contributed by atoms with E-state index in [0.29, 0.717) is 5.92 Å². The van der Waals surface area contributed by atoms with Gasteiger partial charge in [-0.05, 0) is 43.0 Å². The van der Waals surface area contributed by atoms with E-state index in [0.717, 1.165) is 17.8 Å². The van der Waals surface area contributed by atoms with Gasteiger partial charge in [-0.1, -0.05) is 20.3 Å². The van der Waals surface area contributed by atoms with Crippen molar-refractivity contribution in [2.24, 2.45) is 5.92 Å². The average molecular weight is 216 g/mol. The fourth-order valence-corrected chi connectivity index (χ4v) is 1.89. The van der Waals surface area contributed by atoms with E-state index in [1.165, 1.54) is 23.1 Å². The molecular formula is C14H20N2. The van der Waals surface area contributed by atoms with Crippen LogP contribution in [0.25, 0.3) is 11.0 Å². The van der Waals surface area contributed by atoms with E-state index in [1.54, 1.807) is 0 Å². The number of hydrogen-bond donors (Lipinski definition) is 1. The molecule has 2 heteroatoms. The summed E-state index contributed by atoms with van der Waals surface area (Å²) in [6.45, 7) is 8.77. The van der Waals surface area contributed by atoms with E-state index in [4.69, 9.17) is 0 Å². The molecule has 1 atom stereocenters. The van der Waals surface area contributed by atoms with Crippen LogP contribution in [0.4, 0.5) is 0 Å². The third-order valence-electron chi connectivity index (χ3n) is 3.39. The standard InChI is InChI=1S/C14H20N2/c1-5-9(2)6-14-15-12-7-10(3)11(4)8-13(12)16-14/h7-9H,5-6H2,1-4H3,(H,15,16). The Hall–Kier alpha value is -1.31. The van der Waals surface area contributed by atoms with Crippen molar-refractivity contribution < 1.29 is 0 Å². The Labute approximate surface area is 97.1 Å². The van der Waals surface area contributed by atoms with Gasteiger partial charge >= 0.3 is 0 Å². The highest BCUT2D eigenvalue weighted by Gasteiger charge is 2.07. The fourth-order valence-electron chi connectivity index (χ4n) is 1.89. The van der Waals surface area contributed by atoms with Gasteiger partial charge in [-0.3, -0.25) is 0 Å². The van der Waals surface area contributed by atoms with Crippen molar-refractivity contribution in [3.8, 4) is 0 Å². The van der Waals surface area contributed by atoms with Crippen molar-refractivity contribution in [3.63, 3.8) is 0 Å². The van der Waals surface area contributed by atoms with Crippen molar-refractivity contribution >= 4 is 11.0 Å². The van der Waals surface area contributed by atoms with Gasteiger partial charge in [-0.25, -0.2) is 4.98 Å². The molecule has 16 heavy (non-hydrogen) atoms. The summed E-state index contributed by atoms with van der Waals surface area (Å²) in [5, 5.41) is 0. The van der Waals surface area contributed by atoms with Crippen LogP contribution in [0, 0.1) is 19.8 Å². The van der Waals surface area contributed by atoms with Crippen LogP contribution in [0.2, 0.25) is 0 Å². The minimum Gasteiger partial charge on any atom is -0.342 e. The van der Waals surface area contributed by atoms with Crippen molar-refractivity contribution in [1.29, 1.82) is 0 Å². The number of H-pyrrole nitrogens is 1. The van der Waals surface area contributed by atoms with Gasteiger partial charge in [0.1, 0.15) is 5.82 Å². The lowest BCUT2D eigenvalue weighted by Gasteiger charge is -2.03. The molecule has 0 fully saturated rings. The van der Waals surface area contributed by atoms with Crippen molar-refractivity contribution in [2.45, 2.75) is 40.5 Å². The second kappa shape index (κ2) is 4.28. The number of aryl methyl sites for hydroxylation is 2. The molecule has 0 saturated heterocycles. The summed E-state index contributed by atoms with van der Waals surface area (Å²) in [5.41, 5.74) is 4.91. The summed E-state index contributed by atoms with van der Waals surface area (Å²) in [6.07, 6.45) is 2.25. The first-order valence-corrected chi connectivity index (χ1v) is 6.06. The van der Waals surface area contributed by atoms with Gasteiger partial charge in [0, 0.05) is 6.42 Å². The van der Waals surface area contributed by atoms with Gasteiger partial charge in [0.2, 0.25) is 0 Å². The van der Waals surface area contributed by atoms with Gasteiger partial charge in [-0.2, -0.15) is 0 Å². The van der Waals surface area contributed by atoms with Gasteiger partial charge in [0.05, 0.1) is 11.0 Å². The monoisotopic (exact) mass is 216 g/mol. The number of aromatic amines is 1. The maximum Gasteiger partial charge on any atom is 0.107 e. The Morgan fingerprint density at radius 2 is 1.94 bits per heavy atom. The molecule has 1 N–H and O–H groups in total. The quantitative estimate of drug-likeness (QED) is 0.831. The molecule has 1 unspecified atom stereocenters. The molecule has 0 saturated carbocycles. The number of aromatic nitrogens is 2. The predicted octanol–water partition coefficient (Wildman–Crippen LogP) is 3.77.